The van der Waals surface area contributed by atoms with Gasteiger partial charge in [-0.05, 0) is 53.7 Å². The zero-order valence-corrected chi connectivity index (χ0v) is 14.0. The van der Waals surface area contributed by atoms with Crippen LogP contribution in [-0.2, 0) is 0 Å². The molecule has 4 heteroatoms. The Morgan fingerprint density at radius 2 is 1.62 bits per heavy atom. The molecule has 1 aromatic rings. The lowest BCUT2D eigenvalue weighted by Gasteiger charge is -2.50. The molecular formula is C17H27N3O. The molecule has 21 heavy (non-hydrogen) atoms. The Labute approximate surface area is 128 Å². The van der Waals surface area contributed by atoms with Crippen molar-refractivity contribution in [2.24, 2.45) is 4.99 Å². The van der Waals surface area contributed by atoms with Crippen LogP contribution in [-0.4, -0.2) is 40.2 Å². The van der Waals surface area contributed by atoms with E-state index in [4.69, 9.17) is 4.74 Å². The molecule has 2 rings (SSSR count). The number of nitrogens with zero attached hydrogens (tertiary/aromatic N) is 3. The van der Waals surface area contributed by atoms with Gasteiger partial charge in [-0.15, -0.1) is 0 Å². The molecule has 1 atom stereocenters. The third-order valence-corrected chi connectivity index (χ3v) is 3.57. The maximum atomic E-state index is 6.29. The van der Waals surface area contributed by atoms with Crippen molar-refractivity contribution in [3.05, 3.63) is 30.3 Å². The summed E-state index contributed by atoms with van der Waals surface area (Å²) < 4.78 is 6.29. The second-order valence-corrected chi connectivity index (χ2v) is 7.42. The van der Waals surface area contributed by atoms with Gasteiger partial charge in [-0.3, -0.25) is 4.99 Å². The molecule has 0 saturated heterocycles. The van der Waals surface area contributed by atoms with E-state index in [-0.39, 0.29) is 17.4 Å². The van der Waals surface area contributed by atoms with Crippen molar-refractivity contribution in [3.63, 3.8) is 0 Å². The van der Waals surface area contributed by atoms with Gasteiger partial charge in [0.2, 0.25) is 6.35 Å². The van der Waals surface area contributed by atoms with Crippen LogP contribution >= 0.6 is 0 Å². The van der Waals surface area contributed by atoms with E-state index in [0.717, 1.165) is 5.75 Å². The third kappa shape index (κ3) is 3.76. The lowest BCUT2D eigenvalue weighted by molar-refractivity contribution is -0.130. The zero-order chi connectivity index (χ0) is 15.7. The van der Waals surface area contributed by atoms with Gasteiger partial charge in [0.25, 0.3) is 0 Å². The fourth-order valence-corrected chi connectivity index (χ4v) is 2.28. The molecule has 1 aliphatic heterocycles. The molecule has 0 amide bonds. The van der Waals surface area contributed by atoms with Crippen molar-refractivity contribution in [1.29, 1.82) is 0 Å². The average molecular weight is 289 g/mol. The first-order valence-electron chi connectivity index (χ1n) is 7.46. The Hall–Kier alpha value is -1.55. The van der Waals surface area contributed by atoms with E-state index in [2.05, 4.69) is 56.3 Å². The first-order chi connectivity index (χ1) is 9.69. The van der Waals surface area contributed by atoms with E-state index < -0.39 is 0 Å². The van der Waals surface area contributed by atoms with Crippen LogP contribution in [0, 0.1) is 0 Å². The lowest BCUT2D eigenvalue weighted by Crippen LogP contribution is -2.64. The second kappa shape index (κ2) is 5.68. The first-order valence-corrected chi connectivity index (χ1v) is 7.46. The summed E-state index contributed by atoms with van der Waals surface area (Å²) in [6.07, 6.45) is 1.75. The number of benzene rings is 1. The molecule has 1 aromatic carbocycles. The molecule has 0 aromatic heterocycles. The molecule has 4 nitrogen and oxygen atoms in total. The summed E-state index contributed by atoms with van der Waals surface area (Å²) in [5.41, 5.74) is -0.0897. The Balaban J connectivity index is 2.33. The number of para-hydroxylation sites is 1. The van der Waals surface area contributed by atoms with E-state index in [1.807, 2.05) is 36.7 Å². The van der Waals surface area contributed by atoms with Gasteiger partial charge in [0.1, 0.15) is 5.75 Å². The number of ether oxygens (including phenoxy) is 1. The van der Waals surface area contributed by atoms with Gasteiger partial charge in [0.05, 0.1) is 13.0 Å². The predicted octanol–water partition coefficient (Wildman–Crippen LogP) is 3.55. The quantitative estimate of drug-likeness (QED) is 0.833. The maximum Gasteiger partial charge on any atom is 0.235 e. The van der Waals surface area contributed by atoms with Crippen LogP contribution < -0.4 is 4.74 Å². The number of hydrogen-bond donors (Lipinski definition) is 0. The summed E-state index contributed by atoms with van der Waals surface area (Å²) >= 11 is 0. The van der Waals surface area contributed by atoms with E-state index in [0.29, 0.717) is 6.67 Å². The Morgan fingerprint density at radius 1 is 1.00 bits per heavy atom. The Morgan fingerprint density at radius 3 is 2.14 bits per heavy atom. The minimum atomic E-state index is -0.162. The number of aliphatic imine (C=N–C) groups is 1. The molecule has 0 fully saturated rings. The molecule has 1 unspecified atom stereocenters. The molecule has 0 aliphatic carbocycles. The van der Waals surface area contributed by atoms with Crippen LogP contribution in [0.3, 0.4) is 0 Å². The molecule has 0 spiro atoms. The highest BCUT2D eigenvalue weighted by atomic mass is 16.5. The van der Waals surface area contributed by atoms with Gasteiger partial charge in [-0.25, -0.2) is 4.90 Å². The first kappa shape index (κ1) is 15.8. The van der Waals surface area contributed by atoms with Gasteiger partial charge in [-0.1, -0.05) is 18.2 Å². The van der Waals surface area contributed by atoms with Crippen molar-refractivity contribution in [3.8, 4) is 5.75 Å². The molecule has 0 radical (unpaired) electrons. The molecule has 1 heterocycles. The van der Waals surface area contributed by atoms with Gasteiger partial charge in [-0.2, -0.15) is 0 Å². The van der Waals surface area contributed by atoms with Crippen LogP contribution in [0.25, 0.3) is 0 Å². The van der Waals surface area contributed by atoms with Crippen molar-refractivity contribution < 1.29 is 4.74 Å². The third-order valence-electron chi connectivity index (χ3n) is 3.57. The molecule has 1 aliphatic rings. The lowest BCUT2D eigenvalue weighted by atomic mass is 10.0. The van der Waals surface area contributed by atoms with Crippen LogP contribution in [0.15, 0.2) is 35.3 Å². The largest absolute Gasteiger partial charge is 0.457 e. The van der Waals surface area contributed by atoms with Gasteiger partial charge in [0.15, 0.2) is 0 Å². The monoisotopic (exact) mass is 289 g/mol. The van der Waals surface area contributed by atoms with Crippen molar-refractivity contribution in [2.45, 2.75) is 59.0 Å². The topological polar surface area (TPSA) is 28.1 Å². The fraction of sp³-hybridized carbons (Fsp3) is 0.588. The Bertz CT molecular complexity index is 485. The van der Waals surface area contributed by atoms with E-state index in [1.165, 1.54) is 0 Å². The van der Waals surface area contributed by atoms with Crippen molar-refractivity contribution in [2.75, 3.05) is 6.67 Å². The summed E-state index contributed by atoms with van der Waals surface area (Å²) in [4.78, 5) is 8.96. The smallest absolute Gasteiger partial charge is 0.235 e. The summed E-state index contributed by atoms with van der Waals surface area (Å²) in [6, 6.07) is 9.98. The molecule has 0 bridgehead atoms. The van der Waals surface area contributed by atoms with Crippen molar-refractivity contribution >= 4 is 6.34 Å². The standard InChI is InChI=1S/C17H27N3O/c1-16(2,3)19-12-18-13-20(17(4,5)6)15(19)21-14-10-8-7-9-11-14/h7-12,15H,13H2,1-6H3. The highest BCUT2D eigenvalue weighted by Crippen LogP contribution is 2.28. The van der Waals surface area contributed by atoms with Crippen molar-refractivity contribution in [1.82, 2.24) is 9.80 Å². The van der Waals surface area contributed by atoms with Crippen LogP contribution in [0.5, 0.6) is 5.75 Å². The predicted molar refractivity (Wildman–Crippen MR) is 87.4 cm³/mol. The summed E-state index contributed by atoms with van der Waals surface area (Å²) in [6.45, 7) is 13.7. The highest BCUT2D eigenvalue weighted by molar-refractivity contribution is 5.57. The van der Waals surface area contributed by atoms with Crippen LogP contribution in [0.4, 0.5) is 0 Å². The molecule has 0 saturated carbocycles. The van der Waals surface area contributed by atoms with Gasteiger partial charge >= 0.3 is 0 Å². The minimum absolute atomic E-state index is 0.0271. The van der Waals surface area contributed by atoms with Gasteiger partial charge < -0.3 is 9.64 Å². The molecular weight excluding hydrogens is 262 g/mol. The van der Waals surface area contributed by atoms with Crippen LogP contribution in [0.1, 0.15) is 41.5 Å². The summed E-state index contributed by atoms with van der Waals surface area (Å²) in [5.74, 6) is 0.876. The Kier molecular flexibility index (Phi) is 4.28. The average Bonchev–Trinajstić information content (AvgIpc) is 2.37. The molecule has 0 N–H and O–H groups in total. The zero-order valence-electron chi connectivity index (χ0n) is 14.0. The fourth-order valence-electron chi connectivity index (χ4n) is 2.28. The van der Waals surface area contributed by atoms with Crippen LogP contribution in [0.2, 0.25) is 0 Å². The minimum Gasteiger partial charge on any atom is -0.457 e. The summed E-state index contributed by atoms with van der Waals surface area (Å²) in [7, 11) is 0. The molecule has 116 valence electrons. The summed E-state index contributed by atoms with van der Waals surface area (Å²) in [5, 5.41) is 0. The van der Waals surface area contributed by atoms with Gasteiger partial charge in [0, 0.05) is 11.1 Å². The number of rotatable bonds is 2. The highest BCUT2D eigenvalue weighted by Gasteiger charge is 2.39. The normalized spacial score (nSPS) is 20.7. The van der Waals surface area contributed by atoms with E-state index in [1.54, 1.807) is 0 Å². The second-order valence-electron chi connectivity index (χ2n) is 7.42. The SMILES string of the molecule is CC(C)(C)N1C=NCN(C(C)(C)C)C1Oc1ccccc1. The maximum absolute atomic E-state index is 6.29. The van der Waals surface area contributed by atoms with E-state index >= 15 is 0 Å². The van der Waals surface area contributed by atoms with E-state index in [9.17, 15) is 0 Å². The number of hydrogen-bond acceptors (Lipinski definition) is 4.